The zero-order valence-electron chi connectivity index (χ0n) is 7.95. The van der Waals surface area contributed by atoms with Crippen LogP contribution in [-0.4, -0.2) is 22.5 Å². The molecule has 0 saturated carbocycles. The fourth-order valence-corrected chi connectivity index (χ4v) is 1.01. The van der Waals surface area contributed by atoms with Crippen molar-refractivity contribution in [2.75, 3.05) is 6.61 Å². The number of hydrogen-bond donors (Lipinski definition) is 0. The second kappa shape index (κ2) is 4.26. The second-order valence-electron chi connectivity index (χ2n) is 3.19. The Balaban J connectivity index is 2.24. The number of aromatic nitrogens is 2. The summed E-state index contributed by atoms with van der Waals surface area (Å²) in [5, 5.41) is 4.08. The van der Waals surface area contributed by atoms with Crippen LogP contribution in [0.4, 0.5) is 0 Å². The average Bonchev–Trinajstić information content (AvgIpc) is 2.35. The first-order valence-electron chi connectivity index (χ1n) is 4.27. The van der Waals surface area contributed by atoms with Gasteiger partial charge >= 0.3 is 0 Å². The summed E-state index contributed by atoms with van der Waals surface area (Å²) in [5.74, 6) is 0. The number of hydrogen-bond acceptors (Lipinski definition) is 2. The van der Waals surface area contributed by atoms with Crippen molar-refractivity contribution in [3.8, 4) is 0 Å². The molecule has 3 heteroatoms. The van der Waals surface area contributed by atoms with E-state index in [0.29, 0.717) is 6.10 Å². The molecule has 0 spiro atoms. The maximum Gasteiger partial charge on any atom is 0.0522 e. The van der Waals surface area contributed by atoms with Gasteiger partial charge < -0.3 is 4.74 Å². The van der Waals surface area contributed by atoms with Crippen LogP contribution in [0.25, 0.3) is 0 Å². The Morgan fingerprint density at radius 2 is 2.33 bits per heavy atom. The van der Waals surface area contributed by atoms with Crippen LogP contribution in [0.5, 0.6) is 0 Å². The molecule has 12 heavy (non-hydrogen) atoms. The van der Waals surface area contributed by atoms with Crippen molar-refractivity contribution in [1.29, 1.82) is 0 Å². The monoisotopic (exact) mass is 168 g/mol. The van der Waals surface area contributed by atoms with Crippen molar-refractivity contribution in [1.82, 2.24) is 9.78 Å². The van der Waals surface area contributed by atoms with Gasteiger partial charge in [-0.3, -0.25) is 4.68 Å². The van der Waals surface area contributed by atoms with Gasteiger partial charge in [0.05, 0.1) is 18.9 Å². The predicted molar refractivity (Wildman–Crippen MR) is 48.0 cm³/mol. The summed E-state index contributed by atoms with van der Waals surface area (Å²) < 4.78 is 7.23. The minimum absolute atomic E-state index is 0.321. The maximum atomic E-state index is 5.42. The number of ether oxygens (including phenoxy) is 1. The van der Waals surface area contributed by atoms with Gasteiger partial charge in [-0.25, -0.2) is 0 Å². The second-order valence-corrected chi connectivity index (χ2v) is 3.19. The lowest BCUT2D eigenvalue weighted by Crippen LogP contribution is -2.05. The molecule has 0 atom stereocenters. The summed E-state index contributed by atoms with van der Waals surface area (Å²) in [6.07, 6.45) is 5.17. The molecule has 0 N–H and O–H groups in total. The van der Waals surface area contributed by atoms with E-state index < -0.39 is 0 Å². The molecule has 0 aliphatic rings. The van der Waals surface area contributed by atoms with Gasteiger partial charge in [0, 0.05) is 13.2 Å². The van der Waals surface area contributed by atoms with E-state index in [1.807, 2.05) is 38.0 Å². The molecule has 0 aliphatic heterocycles. The van der Waals surface area contributed by atoms with E-state index in [-0.39, 0.29) is 0 Å². The molecule has 0 aromatic carbocycles. The molecule has 1 aromatic heterocycles. The minimum atomic E-state index is 0.321. The molecule has 0 fully saturated rings. The van der Waals surface area contributed by atoms with E-state index in [0.717, 1.165) is 13.0 Å². The Morgan fingerprint density at radius 1 is 1.58 bits per heavy atom. The largest absolute Gasteiger partial charge is 0.378 e. The average molecular weight is 168 g/mol. The van der Waals surface area contributed by atoms with E-state index in [1.165, 1.54) is 5.56 Å². The van der Waals surface area contributed by atoms with Crippen molar-refractivity contribution in [2.45, 2.75) is 26.4 Å². The highest BCUT2D eigenvalue weighted by Crippen LogP contribution is 1.98. The summed E-state index contributed by atoms with van der Waals surface area (Å²) in [6, 6.07) is 0. The molecule has 0 aliphatic carbocycles. The predicted octanol–water partition coefficient (Wildman–Crippen LogP) is 1.39. The van der Waals surface area contributed by atoms with E-state index in [4.69, 9.17) is 4.74 Å². The summed E-state index contributed by atoms with van der Waals surface area (Å²) in [7, 11) is 1.92. The molecular weight excluding hydrogens is 152 g/mol. The first-order valence-corrected chi connectivity index (χ1v) is 4.27. The van der Waals surface area contributed by atoms with Crippen LogP contribution in [0.15, 0.2) is 12.4 Å². The maximum absolute atomic E-state index is 5.42. The lowest BCUT2D eigenvalue weighted by atomic mass is 10.3. The van der Waals surface area contributed by atoms with Gasteiger partial charge in [0.25, 0.3) is 0 Å². The van der Waals surface area contributed by atoms with Gasteiger partial charge in [-0.2, -0.15) is 5.10 Å². The van der Waals surface area contributed by atoms with Gasteiger partial charge in [-0.15, -0.1) is 0 Å². The van der Waals surface area contributed by atoms with Crippen LogP contribution in [0, 0.1) is 0 Å². The van der Waals surface area contributed by atoms with Crippen molar-refractivity contribution in [3.63, 3.8) is 0 Å². The molecule has 1 heterocycles. The smallest absolute Gasteiger partial charge is 0.0522 e. The SMILES string of the molecule is CC(C)OCCc1cnn(C)c1. The lowest BCUT2D eigenvalue weighted by Gasteiger charge is -2.05. The van der Waals surface area contributed by atoms with Crippen LogP contribution in [0.3, 0.4) is 0 Å². The topological polar surface area (TPSA) is 27.1 Å². The molecule has 1 rings (SSSR count). The van der Waals surface area contributed by atoms with Gasteiger partial charge in [-0.1, -0.05) is 0 Å². The van der Waals surface area contributed by atoms with Gasteiger partial charge in [-0.05, 0) is 25.8 Å². The van der Waals surface area contributed by atoms with Crippen molar-refractivity contribution in [3.05, 3.63) is 18.0 Å². The first kappa shape index (κ1) is 9.26. The fraction of sp³-hybridized carbons (Fsp3) is 0.667. The highest BCUT2D eigenvalue weighted by atomic mass is 16.5. The Kier molecular flexibility index (Phi) is 3.29. The molecule has 1 aromatic rings. The third kappa shape index (κ3) is 3.05. The highest BCUT2D eigenvalue weighted by Gasteiger charge is 1.97. The lowest BCUT2D eigenvalue weighted by molar-refractivity contribution is 0.0813. The van der Waals surface area contributed by atoms with Crippen LogP contribution in [0.1, 0.15) is 19.4 Å². The summed E-state index contributed by atoms with van der Waals surface area (Å²) in [4.78, 5) is 0. The first-order chi connectivity index (χ1) is 5.68. The molecule has 0 radical (unpaired) electrons. The minimum Gasteiger partial charge on any atom is -0.378 e. The Morgan fingerprint density at radius 3 is 2.83 bits per heavy atom. The third-order valence-electron chi connectivity index (χ3n) is 1.60. The summed E-state index contributed by atoms with van der Waals surface area (Å²) in [5.41, 5.74) is 1.23. The molecule has 0 amide bonds. The standard InChI is InChI=1S/C9H16N2O/c1-8(2)12-5-4-9-6-10-11(3)7-9/h6-8H,4-5H2,1-3H3. The van der Waals surface area contributed by atoms with Gasteiger partial charge in [0.2, 0.25) is 0 Å². The molecular formula is C9H16N2O. The van der Waals surface area contributed by atoms with E-state index in [2.05, 4.69) is 5.10 Å². The van der Waals surface area contributed by atoms with Crippen LogP contribution >= 0.6 is 0 Å². The number of aryl methyl sites for hydroxylation is 1. The van der Waals surface area contributed by atoms with Crippen LogP contribution in [-0.2, 0) is 18.2 Å². The Labute approximate surface area is 73.3 Å². The van der Waals surface area contributed by atoms with Crippen LogP contribution < -0.4 is 0 Å². The van der Waals surface area contributed by atoms with Crippen molar-refractivity contribution >= 4 is 0 Å². The fourth-order valence-electron chi connectivity index (χ4n) is 1.01. The van der Waals surface area contributed by atoms with Crippen molar-refractivity contribution < 1.29 is 4.74 Å². The van der Waals surface area contributed by atoms with Crippen LogP contribution in [0.2, 0.25) is 0 Å². The zero-order chi connectivity index (χ0) is 8.97. The summed E-state index contributed by atoms with van der Waals surface area (Å²) in [6.45, 7) is 4.87. The van der Waals surface area contributed by atoms with E-state index in [1.54, 1.807) is 0 Å². The number of rotatable bonds is 4. The number of nitrogens with zero attached hydrogens (tertiary/aromatic N) is 2. The molecule has 0 bridgehead atoms. The normalized spacial score (nSPS) is 11.0. The Bertz CT molecular complexity index is 230. The van der Waals surface area contributed by atoms with Gasteiger partial charge in [0.1, 0.15) is 0 Å². The molecule has 0 unspecified atom stereocenters. The zero-order valence-corrected chi connectivity index (χ0v) is 7.95. The summed E-state index contributed by atoms with van der Waals surface area (Å²) >= 11 is 0. The molecule has 3 nitrogen and oxygen atoms in total. The Hall–Kier alpha value is -0.830. The van der Waals surface area contributed by atoms with E-state index in [9.17, 15) is 0 Å². The molecule has 0 saturated heterocycles. The van der Waals surface area contributed by atoms with Crippen molar-refractivity contribution in [2.24, 2.45) is 7.05 Å². The quantitative estimate of drug-likeness (QED) is 0.679. The van der Waals surface area contributed by atoms with E-state index >= 15 is 0 Å². The molecule has 68 valence electrons. The van der Waals surface area contributed by atoms with Gasteiger partial charge in [0.15, 0.2) is 0 Å². The highest BCUT2D eigenvalue weighted by molar-refractivity contribution is 5.03. The third-order valence-corrected chi connectivity index (χ3v) is 1.60.